The molecule has 2 rings (SSSR count). The molecule has 5 nitrogen and oxygen atoms in total. The van der Waals surface area contributed by atoms with Gasteiger partial charge in [-0.05, 0) is 18.6 Å². The highest BCUT2D eigenvalue weighted by Crippen LogP contribution is 2.22. The number of hydrogen-bond donors (Lipinski definition) is 2. The molecular formula is C12H15N3O2. The highest BCUT2D eigenvalue weighted by Gasteiger charge is 2.21. The van der Waals surface area contributed by atoms with Gasteiger partial charge in [-0.15, -0.1) is 10.2 Å². The van der Waals surface area contributed by atoms with Crippen LogP contribution >= 0.6 is 0 Å². The quantitative estimate of drug-likeness (QED) is 0.836. The summed E-state index contributed by atoms with van der Waals surface area (Å²) < 4.78 is 5.40. The molecule has 3 N–H and O–H groups in total. The van der Waals surface area contributed by atoms with Gasteiger partial charge in [-0.25, -0.2) is 0 Å². The first-order valence-corrected chi connectivity index (χ1v) is 5.55. The van der Waals surface area contributed by atoms with Crippen LogP contribution in [-0.2, 0) is 0 Å². The first kappa shape index (κ1) is 11.8. The molecule has 0 amide bonds. The van der Waals surface area contributed by atoms with Gasteiger partial charge in [0.1, 0.15) is 6.10 Å². The van der Waals surface area contributed by atoms with Crippen LogP contribution in [0.25, 0.3) is 11.5 Å². The number of aliphatic hydroxyl groups is 1. The molecule has 0 bridgehead atoms. The molecule has 1 aromatic carbocycles. The number of aromatic nitrogens is 2. The monoisotopic (exact) mass is 233 g/mol. The third-order valence-electron chi connectivity index (χ3n) is 2.59. The summed E-state index contributed by atoms with van der Waals surface area (Å²) >= 11 is 0. The molecule has 17 heavy (non-hydrogen) atoms. The fourth-order valence-electron chi connectivity index (χ4n) is 1.46. The van der Waals surface area contributed by atoms with Crippen molar-refractivity contribution in [3.8, 4) is 11.5 Å². The molecule has 2 aromatic rings. The van der Waals surface area contributed by atoms with Gasteiger partial charge >= 0.3 is 0 Å². The summed E-state index contributed by atoms with van der Waals surface area (Å²) in [6.07, 6.45) is -0.269. The predicted molar refractivity (Wildman–Crippen MR) is 63.0 cm³/mol. The predicted octanol–water partition coefficient (Wildman–Crippen LogP) is 1.51. The van der Waals surface area contributed by atoms with Gasteiger partial charge in [0.15, 0.2) is 0 Å². The Morgan fingerprint density at radius 2 is 2.00 bits per heavy atom. The fraction of sp³-hybridized carbons (Fsp3) is 0.333. The summed E-state index contributed by atoms with van der Waals surface area (Å²) in [5, 5.41) is 17.5. The summed E-state index contributed by atoms with van der Waals surface area (Å²) in [4.78, 5) is 0. The van der Waals surface area contributed by atoms with Crippen molar-refractivity contribution in [3.05, 3.63) is 36.2 Å². The number of hydrogen-bond acceptors (Lipinski definition) is 5. The minimum absolute atomic E-state index is 0.165. The van der Waals surface area contributed by atoms with Gasteiger partial charge in [0.2, 0.25) is 11.8 Å². The molecule has 2 unspecified atom stereocenters. The van der Waals surface area contributed by atoms with Crippen molar-refractivity contribution < 1.29 is 9.52 Å². The smallest absolute Gasteiger partial charge is 0.247 e. The molecule has 0 fully saturated rings. The SMILES string of the molecule is CCC(N)C(O)c1nnc(-c2ccccc2)o1. The van der Waals surface area contributed by atoms with E-state index in [0.717, 1.165) is 5.56 Å². The van der Waals surface area contributed by atoms with E-state index in [4.69, 9.17) is 10.2 Å². The van der Waals surface area contributed by atoms with Gasteiger partial charge in [-0.2, -0.15) is 0 Å². The normalized spacial score (nSPS) is 14.5. The first-order chi connectivity index (χ1) is 8.22. The van der Waals surface area contributed by atoms with Crippen molar-refractivity contribution >= 4 is 0 Å². The van der Waals surface area contributed by atoms with Crippen molar-refractivity contribution in [2.24, 2.45) is 5.73 Å². The van der Waals surface area contributed by atoms with Gasteiger partial charge < -0.3 is 15.3 Å². The van der Waals surface area contributed by atoms with Crippen molar-refractivity contribution in [2.45, 2.75) is 25.5 Å². The molecule has 0 aliphatic rings. The van der Waals surface area contributed by atoms with E-state index in [9.17, 15) is 5.11 Å². The third kappa shape index (κ3) is 2.51. The lowest BCUT2D eigenvalue weighted by Crippen LogP contribution is -2.27. The van der Waals surface area contributed by atoms with Crippen LogP contribution in [0.2, 0.25) is 0 Å². The van der Waals surface area contributed by atoms with E-state index in [1.807, 2.05) is 37.3 Å². The maximum Gasteiger partial charge on any atom is 0.247 e. The lowest BCUT2D eigenvalue weighted by molar-refractivity contribution is 0.114. The molecule has 0 aliphatic carbocycles. The number of rotatable bonds is 4. The largest absolute Gasteiger partial charge is 0.418 e. The van der Waals surface area contributed by atoms with Crippen molar-refractivity contribution in [1.82, 2.24) is 10.2 Å². The van der Waals surface area contributed by atoms with Gasteiger partial charge in [0.05, 0.1) is 0 Å². The van der Waals surface area contributed by atoms with E-state index >= 15 is 0 Å². The topological polar surface area (TPSA) is 85.2 Å². The zero-order valence-corrected chi connectivity index (χ0v) is 9.58. The van der Waals surface area contributed by atoms with Crippen molar-refractivity contribution in [1.29, 1.82) is 0 Å². The Labute approximate surface area is 99.3 Å². The van der Waals surface area contributed by atoms with E-state index in [2.05, 4.69) is 10.2 Å². The average molecular weight is 233 g/mol. The second-order valence-corrected chi connectivity index (χ2v) is 3.83. The zero-order chi connectivity index (χ0) is 12.3. The van der Waals surface area contributed by atoms with Crippen LogP contribution in [0.4, 0.5) is 0 Å². The van der Waals surface area contributed by atoms with E-state index in [0.29, 0.717) is 12.3 Å². The minimum Gasteiger partial charge on any atom is -0.418 e. The second-order valence-electron chi connectivity index (χ2n) is 3.83. The second kappa shape index (κ2) is 5.07. The zero-order valence-electron chi connectivity index (χ0n) is 9.58. The molecule has 0 saturated carbocycles. The van der Waals surface area contributed by atoms with Crippen molar-refractivity contribution in [3.63, 3.8) is 0 Å². The maximum absolute atomic E-state index is 9.83. The Morgan fingerprint density at radius 3 is 2.65 bits per heavy atom. The van der Waals surface area contributed by atoms with Gasteiger partial charge in [0, 0.05) is 11.6 Å². The number of nitrogens with two attached hydrogens (primary N) is 1. The van der Waals surface area contributed by atoms with Gasteiger partial charge in [-0.1, -0.05) is 25.1 Å². The molecule has 0 aliphatic heterocycles. The van der Waals surface area contributed by atoms with Crippen LogP contribution in [0.15, 0.2) is 34.7 Å². The Morgan fingerprint density at radius 1 is 1.29 bits per heavy atom. The molecule has 0 spiro atoms. The molecule has 90 valence electrons. The molecule has 1 heterocycles. The standard InChI is InChI=1S/C12H15N3O2/c1-2-9(13)10(16)12-15-14-11(17-12)8-6-4-3-5-7-8/h3-7,9-10,16H,2,13H2,1H3. The summed E-state index contributed by atoms with van der Waals surface area (Å²) in [6.45, 7) is 1.89. The van der Waals surface area contributed by atoms with E-state index < -0.39 is 6.10 Å². The number of benzene rings is 1. The van der Waals surface area contributed by atoms with Crippen LogP contribution in [0.1, 0.15) is 25.3 Å². The number of nitrogens with zero attached hydrogens (tertiary/aromatic N) is 2. The van der Waals surface area contributed by atoms with E-state index in [1.165, 1.54) is 0 Å². The molecule has 2 atom stereocenters. The summed E-state index contributed by atoms with van der Waals surface area (Å²) in [5.41, 5.74) is 6.54. The molecule has 5 heteroatoms. The van der Waals surface area contributed by atoms with Crippen LogP contribution in [-0.4, -0.2) is 21.3 Å². The minimum atomic E-state index is -0.912. The molecule has 0 radical (unpaired) electrons. The average Bonchev–Trinajstić information content (AvgIpc) is 2.87. The first-order valence-electron chi connectivity index (χ1n) is 5.55. The molecule has 1 aromatic heterocycles. The number of aliphatic hydroxyl groups excluding tert-OH is 1. The lowest BCUT2D eigenvalue weighted by Gasteiger charge is -2.12. The summed E-state index contributed by atoms with van der Waals surface area (Å²) in [7, 11) is 0. The maximum atomic E-state index is 9.83. The Kier molecular flexibility index (Phi) is 3.51. The van der Waals surface area contributed by atoms with Crippen LogP contribution < -0.4 is 5.73 Å². The van der Waals surface area contributed by atoms with Gasteiger partial charge in [0.25, 0.3) is 0 Å². The summed E-state index contributed by atoms with van der Waals surface area (Å²) in [5.74, 6) is 0.557. The van der Waals surface area contributed by atoms with Crippen LogP contribution in [0.5, 0.6) is 0 Å². The van der Waals surface area contributed by atoms with E-state index in [-0.39, 0.29) is 11.9 Å². The highest BCUT2D eigenvalue weighted by atomic mass is 16.4. The molecule has 0 saturated heterocycles. The molecular weight excluding hydrogens is 218 g/mol. The summed E-state index contributed by atoms with van der Waals surface area (Å²) in [6, 6.07) is 9.01. The van der Waals surface area contributed by atoms with Crippen LogP contribution in [0.3, 0.4) is 0 Å². The van der Waals surface area contributed by atoms with Gasteiger partial charge in [-0.3, -0.25) is 0 Å². The van der Waals surface area contributed by atoms with Crippen molar-refractivity contribution in [2.75, 3.05) is 0 Å². The fourth-order valence-corrected chi connectivity index (χ4v) is 1.46. The lowest BCUT2D eigenvalue weighted by atomic mass is 10.1. The highest BCUT2D eigenvalue weighted by molar-refractivity contribution is 5.51. The Balaban J connectivity index is 2.22. The Bertz CT molecular complexity index is 470. The van der Waals surface area contributed by atoms with Crippen LogP contribution in [0, 0.1) is 0 Å². The van der Waals surface area contributed by atoms with E-state index in [1.54, 1.807) is 0 Å². The Hall–Kier alpha value is -1.72. The third-order valence-corrected chi connectivity index (χ3v) is 2.59.